The summed E-state index contributed by atoms with van der Waals surface area (Å²) in [5.74, 6) is 0. The van der Waals surface area contributed by atoms with E-state index in [0.717, 1.165) is 34.6 Å². The van der Waals surface area contributed by atoms with Crippen LogP contribution in [-0.4, -0.2) is 24.1 Å². The minimum absolute atomic E-state index is 0.187. The van der Waals surface area contributed by atoms with Crippen molar-refractivity contribution in [3.05, 3.63) is 61.4 Å². The topological polar surface area (TPSA) is 48.0 Å². The smallest absolute Gasteiger partial charge is 0.137 e. The molecule has 0 fully saturated rings. The molecular weight excluding hydrogens is 310 g/mol. The fourth-order valence-corrected chi connectivity index (χ4v) is 3.00. The van der Waals surface area contributed by atoms with Gasteiger partial charge in [-0.3, -0.25) is 9.67 Å². The summed E-state index contributed by atoms with van der Waals surface area (Å²) in [6, 6.07) is 8.19. The van der Waals surface area contributed by atoms with Gasteiger partial charge in [0.25, 0.3) is 0 Å². The molecule has 25 heavy (non-hydrogen) atoms. The number of rotatable bonds is 3. The van der Waals surface area contributed by atoms with E-state index >= 15 is 0 Å². The van der Waals surface area contributed by atoms with Gasteiger partial charge in [-0.2, -0.15) is 5.10 Å². The third-order valence-corrected chi connectivity index (χ3v) is 4.06. The lowest BCUT2D eigenvalue weighted by Crippen LogP contribution is -2.15. The second-order valence-corrected chi connectivity index (χ2v) is 7.49. The third kappa shape index (κ3) is 3.18. The molecule has 0 aromatic carbocycles. The Morgan fingerprint density at radius 2 is 1.88 bits per heavy atom. The first-order valence-corrected chi connectivity index (χ1v) is 8.41. The Bertz CT molecular complexity index is 1020. The van der Waals surface area contributed by atoms with Crippen molar-refractivity contribution in [1.82, 2.24) is 24.1 Å². The molecular formula is C20H21N5. The van der Waals surface area contributed by atoms with E-state index in [4.69, 9.17) is 0 Å². The quantitative estimate of drug-likeness (QED) is 0.562. The van der Waals surface area contributed by atoms with Crippen molar-refractivity contribution in [3.8, 4) is 22.4 Å². The molecule has 0 bridgehead atoms. The summed E-state index contributed by atoms with van der Waals surface area (Å²) in [6.45, 7) is 7.51. The van der Waals surface area contributed by atoms with Crippen molar-refractivity contribution < 1.29 is 0 Å². The predicted molar refractivity (Wildman–Crippen MR) is 99.1 cm³/mol. The van der Waals surface area contributed by atoms with Crippen LogP contribution in [0.4, 0.5) is 0 Å². The van der Waals surface area contributed by atoms with Crippen molar-refractivity contribution in [2.75, 3.05) is 0 Å². The minimum atomic E-state index is 0.187. The fraction of sp³-hybridized carbons (Fsp3) is 0.250. The number of hydrogen-bond acceptors (Lipinski definition) is 3. The Kier molecular flexibility index (Phi) is 3.64. The first kappa shape index (κ1) is 15.6. The molecule has 0 N–H and O–H groups in total. The monoisotopic (exact) mass is 331 g/mol. The molecule has 4 heterocycles. The van der Waals surface area contributed by atoms with Gasteiger partial charge >= 0.3 is 0 Å². The number of fused-ring (bicyclic) bond motifs is 1. The average Bonchev–Trinajstić information content (AvgIpc) is 3.21. The van der Waals surface area contributed by atoms with Crippen LogP contribution in [0.5, 0.6) is 0 Å². The van der Waals surface area contributed by atoms with Crippen molar-refractivity contribution in [2.45, 2.75) is 27.3 Å². The Labute approximate surface area is 147 Å². The molecule has 5 heteroatoms. The zero-order valence-corrected chi connectivity index (χ0v) is 14.7. The van der Waals surface area contributed by atoms with Gasteiger partial charge in [-0.05, 0) is 23.6 Å². The highest BCUT2D eigenvalue weighted by molar-refractivity contribution is 5.81. The van der Waals surface area contributed by atoms with Crippen LogP contribution < -0.4 is 0 Å². The number of aromatic nitrogens is 5. The van der Waals surface area contributed by atoms with Crippen molar-refractivity contribution >= 4 is 5.65 Å². The molecule has 0 amide bonds. The van der Waals surface area contributed by atoms with Gasteiger partial charge in [0.15, 0.2) is 0 Å². The molecule has 0 unspecified atom stereocenters. The van der Waals surface area contributed by atoms with E-state index in [9.17, 15) is 0 Å². The highest BCUT2D eigenvalue weighted by atomic mass is 15.3. The summed E-state index contributed by atoms with van der Waals surface area (Å²) in [6.07, 6.45) is 11.6. The molecule has 0 saturated carbocycles. The molecule has 0 aliphatic rings. The molecule has 4 aromatic rings. The number of imidazole rings is 1. The van der Waals surface area contributed by atoms with E-state index in [1.165, 1.54) is 0 Å². The van der Waals surface area contributed by atoms with E-state index in [1.807, 2.05) is 39.9 Å². The van der Waals surface area contributed by atoms with E-state index in [0.29, 0.717) is 0 Å². The summed E-state index contributed by atoms with van der Waals surface area (Å²) in [5, 5.41) is 4.53. The molecule has 0 radical (unpaired) electrons. The van der Waals surface area contributed by atoms with Crippen LogP contribution in [0.25, 0.3) is 28.0 Å². The molecule has 4 rings (SSSR count). The number of nitrogens with zero attached hydrogens (tertiary/aromatic N) is 5. The Morgan fingerprint density at radius 3 is 2.72 bits per heavy atom. The molecule has 4 aromatic heterocycles. The first-order valence-electron chi connectivity index (χ1n) is 8.41. The van der Waals surface area contributed by atoms with Crippen LogP contribution in [0, 0.1) is 5.41 Å². The third-order valence-electron chi connectivity index (χ3n) is 4.06. The standard InChI is InChI=1S/C20H21N5/c1-20(2,3)14-25-13-16(12-23-25)17-5-4-7-22-19(17)15-6-9-24-10-8-21-18(24)11-15/h4-13H,14H2,1-3H3. The molecule has 0 aliphatic heterocycles. The van der Waals surface area contributed by atoms with Gasteiger partial charge in [0.2, 0.25) is 0 Å². The molecule has 0 aliphatic carbocycles. The summed E-state index contributed by atoms with van der Waals surface area (Å²) in [7, 11) is 0. The van der Waals surface area contributed by atoms with Crippen molar-refractivity contribution in [2.24, 2.45) is 5.41 Å². The maximum atomic E-state index is 4.63. The summed E-state index contributed by atoms with van der Waals surface area (Å²) in [5.41, 5.74) is 5.26. The van der Waals surface area contributed by atoms with Crippen molar-refractivity contribution in [1.29, 1.82) is 0 Å². The fourth-order valence-electron chi connectivity index (χ4n) is 3.00. The summed E-state index contributed by atoms with van der Waals surface area (Å²) >= 11 is 0. The normalized spacial score (nSPS) is 12.0. The zero-order chi connectivity index (χ0) is 17.4. The lowest BCUT2D eigenvalue weighted by atomic mass is 9.97. The van der Waals surface area contributed by atoms with Gasteiger partial charge in [0.05, 0.1) is 11.9 Å². The van der Waals surface area contributed by atoms with Crippen LogP contribution in [0.1, 0.15) is 20.8 Å². The van der Waals surface area contributed by atoms with Gasteiger partial charge in [-0.25, -0.2) is 4.98 Å². The van der Waals surface area contributed by atoms with E-state index in [1.54, 1.807) is 6.20 Å². The van der Waals surface area contributed by atoms with E-state index < -0.39 is 0 Å². The maximum Gasteiger partial charge on any atom is 0.137 e. The highest BCUT2D eigenvalue weighted by Crippen LogP contribution is 2.30. The van der Waals surface area contributed by atoms with Gasteiger partial charge < -0.3 is 4.40 Å². The van der Waals surface area contributed by atoms with Gasteiger partial charge in [-0.15, -0.1) is 0 Å². The zero-order valence-electron chi connectivity index (χ0n) is 14.7. The van der Waals surface area contributed by atoms with Gasteiger partial charge in [-0.1, -0.05) is 26.8 Å². The van der Waals surface area contributed by atoms with Crippen LogP contribution in [0.2, 0.25) is 0 Å². The lowest BCUT2D eigenvalue weighted by molar-refractivity contribution is 0.325. The SMILES string of the molecule is CC(C)(C)Cn1cc(-c2cccnc2-c2ccn3ccnc3c2)cn1. The van der Waals surface area contributed by atoms with Crippen LogP contribution in [0.15, 0.2) is 61.4 Å². The second-order valence-electron chi connectivity index (χ2n) is 7.49. The minimum Gasteiger partial charge on any atom is -0.307 e. The average molecular weight is 331 g/mol. The first-order chi connectivity index (χ1) is 12.0. The van der Waals surface area contributed by atoms with Crippen LogP contribution in [-0.2, 0) is 6.54 Å². The largest absolute Gasteiger partial charge is 0.307 e. The van der Waals surface area contributed by atoms with Crippen molar-refractivity contribution in [3.63, 3.8) is 0 Å². The molecule has 5 nitrogen and oxygen atoms in total. The number of hydrogen-bond donors (Lipinski definition) is 0. The second kappa shape index (κ2) is 5.84. The summed E-state index contributed by atoms with van der Waals surface area (Å²) < 4.78 is 4.00. The molecule has 0 saturated heterocycles. The van der Waals surface area contributed by atoms with E-state index in [-0.39, 0.29) is 5.41 Å². The van der Waals surface area contributed by atoms with Crippen LogP contribution >= 0.6 is 0 Å². The van der Waals surface area contributed by atoms with Gasteiger partial charge in [0.1, 0.15) is 5.65 Å². The summed E-state index contributed by atoms with van der Waals surface area (Å²) in [4.78, 5) is 9.00. The van der Waals surface area contributed by atoms with Crippen LogP contribution in [0.3, 0.4) is 0 Å². The Balaban J connectivity index is 1.76. The number of pyridine rings is 2. The van der Waals surface area contributed by atoms with E-state index in [2.05, 4.69) is 60.2 Å². The Morgan fingerprint density at radius 1 is 1.00 bits per heavy atom. The van der Waals surface area contributed by atoms with Gasteiger partial charge in [0, 0.05) is 54.2 Å². The maximum absolute atomic E-state index is 4.63. The predicted octanol–water partition coefficient (Wildman–Crippen LogP) is 4.31. The molecule has 0 spiro atoms. The Hall–Kier alpha value is -2.95. The molecule has 126 valence electrons. The lowest BCUT2D eigenvalue weighted by Gasteiger charge is -2.17. The molecule has 0 atom stereocenters. The highest BCUT2D eigenvalue weighted by Gasteiger charge is 2.15.